The van der Waals surface area contributed by atoms with Gasteiger partial charge in [0.1, 0.15) is 0 Å². The van der Waals surface area contributed by atoms with Crippen molar-refractivity contribution in [3.8, 4) is 0 Å². The number of nitrogens with zero attached hydrogens (tertiary/aromatic N) is 1. The van der Waals surface area contributed by atoms with Gasteiger partial charge in [-0.25, -0.2) is 0 Å². The zero-order valence-corrected chi connectivity index (χ0v) is 11.9. The third kappa shape index (κ3) is 2.96. The summed E-state index contributed by atoms with van der Waals surface area (Å²) in [4.78, 5) is 14.6. The van der Waals surface area contributed by atoms with Gasteiger partial charge in [-0.05, 0) is 38.0 Å². The summed E-state index contributed by atoms with van der Waals surface area (Å²) in [5.41, 5.74) is 0. The fourth-order valence-electron chi connectivity index (χ4n) is 4.49. The third-order valence-corrected chi connectivity index (χ3v) is 5.49. The Kier molecular flexibility index (Phi) is 4.11. The van der Waals surface area contributed by atoms with E-state index in [9.17, 15) is 9.90 Å². The molecule has 2 aliphatic heterocycles. The van der Waals surface area contributed by atoms with E-state index >= 15 is 0 Å². The minimum absolute atomic E-state index is 0.167. The van der Waals surface area contributed by atoms with E-state index in [4.69, 9.17) is 0 Å². The summed E-state index contributed by atoms with van der Waals surface area (Å²) < 4.78 is 0. The van der Waals surface area contributed by atoms with Crippen LogP contribution >= 0.6 is 0 Å². The Balaban J connectivity index is 1.50. The molecule has 0 spiro atoms. The first-order chi connectivity index (χ1) is 9.24. The van der Waals surface area contributed by atoms with E-state index in [0.717, 1.165) is 44.4 Å². The van der Waals surface area contributed by atoms with Crippen molar-refractivity contribution in [3.05, 3.63) is 0 Å². The van der Waals surface area contributed by atoms with E-state index in [2.05, 4.69) is 4.90 Å². The molecule has 1 aliphatic carbocycles. The Morgan fingerprint density at radius 1 is 1.00 bits per heavy atom. The van der Waals surface area contributed by atoms with Gasteiger partial charge in [0, 0.05) is 18.5 Å². The molecule has 0 aromatic carbocycles. The average molecular weight is 265 g/mol. The highest BCUT2D eigenvalue weighted by molar-refractivity contribution is 5.77. The molecule has 19 heavy (non-hydrogen) atoms. The maximum atomic E-state index is 12.5. The van der Waals surface area contributed by atoms with E-state index in [1.807, 2.05) is 0 Å². The van der Waals surface area contributed by atoms with Crippen LogP contribution < -0.4 is 0 Å². The van der Waals surface area contributed by atoms with Crippen LogP contribution in [-0.2, 0) is 4.79 Å². The number of rotatable bonds is 3. The second-order valence-electron chi connectivity index (χ2n) is 6.85. The Morgan fingerprint density at radius 3 is 2.26 bits per heavy atom. The van der Waals surface area contributed by atoms with E-state index in [1.165, 1.54) is 32.1 Å². The molecule has 3 fully saturated rings. The van der Waals surface area contributed by atoms with E-state index in [0.29, 0.717) is 18.0 Å². The van der Waals surface area contributed by atoms with Crippen LogP contribution in [0.1, 0.15) is 70.6 Å². The summed E-state index contributed by atoms with van der Waals surface area (Å²) in [6.07, 6.45) is 12.3. The molecule has 1 N–H and O–H groups in total. The number of hydrogen-bond donors (Lipinski definition) is 1. The van der Waals surface area contributed by atoms with E-state index < -0.39 is 0 Å². The van der Waals surface area contributed by atoms with E-state index in [1.54, 1.807) is 0 Å². The standard InChI is InChI=1S/C16H27NO2/c18-15-10-13-7-8-14(11-15)17(13)16(19)9-6-12-4-2-1-3-5-12/h12-15,18H,1-11H2. The van der Waals surface area contributed by atoms with Gasteiger partial charge in [-0.15, -0.1) is 0 Å². The Hall–Kier alpha value is -0.570. The van der Waals surface area contributed by atoms with Crippen molar-refractivity contribution >= 4 is 5.91 Å². The van der Waals surface area contributed by atoms with Crippen LogP contribution in [0.15, 0.2) is 0 Å². The first-order valence-electron chi connectivity index (χ1n) is 8.23. The molecule has 3 rings (SSSR count). The molecule has 3 heteroatoms. The van der Waals surface area contributed by atoms with Crippen molar-refractivity contribution in [3.63, 3.8) is 0 Å². The van der Waals surface area contributed by atoms with Crippen LogP contribution in [0.25, 0.3) is 0 Å². The SMILES string of the molecule is O=C(CCC1CCCCC1)N1C2CCC1CC(O)C2. The molecule has 2 atom stereocenters. The van der Waals surface area contributed by atoms with Crippen LogP contribution in [0.3, 0.4) is 0 Å². The molecule has 2 unspecified atom stereocenters. The molecular formula is C16H27NO2. The molecular weight excluding hydrogens is 238 g/mol. The molecule has 2 heterocycles. The molecule has 1 saturated carbocycles. The van der Waals surface area contributed by atoms with Gasteiger partial charge in [-0.3, -0.25) is 4.79 Å². The summed E-state index contributed by atoms with van der Waals surface area (Å²) in [7, 11) is 0. The first-order valence-corrected chi connectivity index (χ1v) is 8.23. The predicted octanol–water partition coefficient (Wildman–Crippen LogP) is 2.86. The van der Waals surface area contributed by atoms with Gasteiger partial charge in [0.25, 0.3) is 0 Å². The second kappa shape index (κ2) is 5.82. The van der Waals surface area contributed by atoms with Crippen molar-refractivity contribution < 1.29 is 9.90 Å². The summed E-state index contributed by atoms with van der Waals surface area (Å²) in [5, 5.41) is 9.79. The monoisotopic (exact) mass is 265 g/mol. The highest BCUT2D eigenvalue weighted by Crippen LogP contribution is 2.37. The van der Waals surface area contributed by atoms with Crippen LogP contribution in [0.4, 0.5) is 0 Å². The summed E-state index contributed by atoms with van der Waals surface area (Å²) in [5.74, 6) is 1.16. The van der Waals surface area contributed by atoms with Crippen LogP contribution in [0.5, 0.6) is 0 Å². The van der Waals surface area contributed by atoms with Crippen LogP contribution in [-0.4, -0.2) is 34.1 Å². The van der Waals surface area contributed by atoms with Crippen LogP contribution in [0, 0.1) is 5.92 Å². The number of carbonyl (C=O) groups is 1. The van der Waals surface area contributed by atoms with Crippen molar-refractivity contribution in [1.82, 2.24) is 4.90 Å². The smallest absolute Gasteiger partial charge is 0.223 e. The maximum absolute atomic E-state index is 12.5. The van der Waals surface area contributed by atoms with E-state index in [-0.39, 0.29) is 6.10 Å². The average Bonchev–Trinajstić information content (AvgIpc) is 2.70. The summed E-state index contributed by atoms with van der Waals surface area (Å²) in [6.45, 7) is 0. The van der Waals surface area contributed by atoms with Gasteiger partial charge in [0.05, 0.1) is 6.10 Å². The minimum Gasteiger partial charge on any atom is -0.393 e. The zero-order chi connectivity index (χ0) is 13.2. The van der Waals surface area contributed by atoms with Crippen molar-refractivity contribution in [2.75, 3.05) is 0 Å². The lowest BCUT2D eigenvalue weighted by Crippen LogP contribution is -2.48. The van der Waals surface area contributed by atoms with Gasteiger partial charge in [-0.1, -0.05) is 32.1 Å². The molecule has 0 aromatic rings. The molecule has 0 radical (unpaired) electrons. The Morgan fingerprint density at radius 2 is 1.63 bits per heavy atom. The highest BCUT2D eigenvalue weighted by atomic mass is 16.3. The van der Waals surface area contributed by atoms with Gasteiger partial charge >= 0.3 is 0 Å². The summed E-state index contributed by atoms with van der Waals surface area (Å²) in [6, 6.07) is 0.681. The fraction of sp³-hybridized carbons (Fsp3) is 0.938. The lowest BCUT2D eigenvalue weighted by Gasteiger charge is -2.37. The molecule has 108 valence electrons. The Bertz CT molecular complexity index is 311. The Labute approximate surface area is 116 Å². The van der Waals surface area contributed by atoms with Gasteiger partial charge in [-0.2, -0.15) is 0 Å². The quantitative estimate of drug-likeness (QED) is 0.852. The number of carbonyl (C=O) groups excluding carboxylic acids is 1. The summed E-state index contributed by atoms with van der Waals surface area (Å²) >= 11 is 0. The topological polar surface area (TPSA) is 40.5 Å². The van der Waals surface area contributed by atoms with Gasteiger partial charge in [0.2, 0.25) is 5.91 Å². The van der Waals surface area contributed by atoms with Gasteiger partial charge in [0.15, 0.2) is 0 Å². The lowest BCUT2D eigenvalue weighted by atomic mass is 9.86. The number of hydrogen-bond acceptors (Lipinski definition) is 2. The van der Waals surface area contributed by atoms with Crippen molar-refractivity contribution in [2.24, 2.45) is 5.92 Å². The first kappa shape index (κ1) is 13.4. The van der Waals surface area contributed by atoms with Crippen molar-refractivity contribution in [1.29, 1.82) is 0 Å². The number of fused-ring (bicyclic) bond motifs is 2. The van der Waals surface area contributed by atoms with Crippen molar-refractivity contribution in [2.45, 2.75) is 88.8 Å². The highest BCUT2D eigenvalue weighted by Gasteiger charge is 2.42. The second-order valence-corrected chi connectivity index (χ2v) is 6.85. The lowest BCUT2D eigenvalue weighted by molar-refractivity contribution is -0.137. The molecule has 1 amide bonds. The molecule has 0 aromatic heterocycles. The van der Waals surface area contributed by atoms with Gasteiger partial charge < -0.3 is 10.0 Å². The minimum atomic E-state index is -0.167. The largest absolute Gasteiger partial charge is 0.393 e. The number of aliphatic hydroxyl groups is 1. The van der Waals surface area contributed by atoms with Crippen LogP contribution in [0.2, 0.25) is 0 Å². The molecule has 3 nitrogen and oxygen atoms in total. The maximum Gasteiger partial charge on any atom is 0.223 e. The molecule has 2 bridgehead atoms. The molecule has 2 saturated heterocycles. The molecule has 3 aliphatic rings. The zero-order valence-electron chi connectivity index (χ0n) is 11.9. The normalized spacial score (nSPS) is 35.6. The fourth-order valence-corrected chi connectivity index (χ4v) is 4.49. The number of aliphatic hydroxyl groups excluding tert-OH is 1. The number of piperidine rings is 1. The third-order valence-electron chi connectivity index (χ3n) is 5.49. The predicted molar refractivity (Wildman–Crippen MR) is 74.7 cm³/mol. The number of amides is 1.